The quantitative estimate of drug-likeness (QED) is 0.854. The van der Waals surface area contributed by atoms with Crippen LogP contribution in [0.15, 0.2) is 18.5 Å². The first-order chi connectivity index (χ1) is 12.3. The van der Waals surface area contributed by atoms with Gasteiger partial charge < -0.3 is 15.1 Å². The number of amides is 2. The summed E-state index contributed by atoms with van der Waals surface area (Å²) in [5.41, 5.74) is 0. The van der Waals surface area contributed by atoms with Crippen molar-refractivity contribution in [2.45, 2.75) is 31.5 Å². The fourth-order valence-electron chi connectivity index (χ4n) is 3.37. The third-order valence-electron chi connectivity index (χ3n) is 4.56. The highest BCUT2D eigenvalue weighted by molar-refractivity contribution is 5.89. The molecule has 3 heterocycles. The SMILES string of the molecule is O=C(N[C@@H]1CCCN(c2ncccn2)C1)[C@@H]1CC(=O)N(CC(F)(F)F)C1. The lowest BCUT2D eigenvalue weighted by molar-refractivity contribution is -0.157. The number of hydrogen-bond acceptors (Lipinski definition) is 5. The van der Waals surface area contributed by atoms with Crippen LogP contribution in [0, 0.1) is 5.92 Å². The topological polar surface area (TPSA) is 78.4 Å². The van der Waals surface area contributed by atoms with Crippen molar-refractivity contribution in [2.75, 3.05) is 31.1 Å². The summed E-state index contributed by atoms with van der Waals surface area (Å²) < 4.78 is 37.4. The number of carbonyl (C=O) groups excluding carboxylic acids is 2. The molecule has 0 unspecified atom stereocenters. The number of nitrogens with zero attached hydrogens (tertiary/aromatic N) is 4. The molecule has 2 aliphatic heterocycles. The first-order valence-electron chi connectivity index (χ1n) is 8.49. The molecule has 2 aliphatic rings. The van der Waals surface area contributed by atoms with Gasteiger partial charge in [0, 0.05) is 44.5 Å². The molecule has 26 heavy (non-hydrogen) atoms. The molecule has 7 nitrogen and oxygen atoms in total. The van der Waals surface area contributed by atoms with Crippen LogP contribution < -0.4 is 10.2 Å². The number of piperidine rings is 1. The number of aromatic nitrogens is 2. The fourth-order valence-corrected chi connectivity index (χ4v) is 3.37. The van der Waals surface area contributed by atoms with Crippen LogP contribution in [0.4, 0.5) is 19.1 Å². The second-order valence-corrected chi connectivity index (χ2v) is 6.63. The zero-order valence-corrected chi connectivity index (χ0v) is 14.1. The van der Waals surface area contributed by atoms with E-state index in [4.69, 9.17) is 0 Å². The lowest BCUT2D eigenvalue weighted by atomic mass is 10.0. The molecule has 2 fully saturated rings. The van der Waals surface area contributed by atoms with Gasteiger partial charge in [-0.1, -0.05) is 0 Å². The Labute approximate surface area is 148 Å². The fraction of sp³-hybridized carbons (Fsp3) is 0.625. The van der Waals surface area contributed by atoms with Gasteiger partial charge in [-0.3, -0.25) is 9.59 Å². The second-order valence-electron chi connectivity index (χ2n) is 6.63. The van der Waals surface area contributed by atoms with E-state index >= 15 is 0 Å². The molecule has 2 amide bonds. The minimum Gasteiger partial charge on any atom is -0.351 e. The van der Waals surface area contributed by atoms with Crippen molar-refractivity contribution in [3.63, 3.8) is 0 Å². The molecule has 0 spiro atoms. The molecule has 0 bridgehead atoms. The molecule has 2 saturated heterocycles. The van der Waals surface area contributed by atoms with E-state index in [1.165, 1.54) is 0 Å². The number of hydrogen-bond donors (Lipinski definition) is 1. The van der Waals surface area contributed by atoms with E-state index < -0.39 is 24.5 Å². The zero-order chi connectivity index (χ0) is 18.7. The van der Waals surface area contributed by atoms with E-state index in [0.717, 1.165) is 19.4 Å². The summed E-state index contributed by atoms with van der Waals surface area (Å²) >= 11 is 0. The van der Waals surface area contributed by atoms with Crippen LogP contribution in [0.5, 0.6) is 0 Å². The Morgan fingerprint density at radius 2 is 2.00 bits per heavy atom. The maximum atomic E-state index is 12.5. The summed E-state index contributed by atoms with van der Waals surface area (Å²) in [7, 11) is 0. The molecule has 0 saturated carbocycles. The molecule has 2 atom stereocenters. The number of halogens is 3. The summed E-state index contributed by atoms with van der Waals surface area (Å²) in [6.07, 6.45) is 0.254. The van der Waals surface area contributed by atoms with E-state index in [2.05, 4.69) is 15.3 Å². The molecular formula is C16H20F3N5O2. The van der Waals surface area contributed by atoms with Crippen LogP contribution in [0.2, 0.25) is 0 Å². The van der Waals surface area contributed by atoms with Crippen molar-refractivity contribution in [2.24, 2.45) is 5.92 Å². The molecule has 3 rings (SSSR count). The van der Waals surface area contributed by atoms with Gasteiger partial charge in [-0.2, -0.15) is 13.2 Å². The maximum Gasteiger partial charge on any atom is 0.406 e. The van der Waals surface area contributed by atoms with Crippen molar-refractivity contribution >= 4 is 17.8 Å². The molecule has 10 heteroatoms. The Balaban J connectivity index is 1.54. The average molecular weight is 371 g/mol. The van der Waals surface area contributed by atoms with Gasteiger partial charge in [0.15, 0.2) is 0 Å². The standard InChI is InChI=1S/C16H20F3N5O2/c17-16(18,19)10-24-8-11(7-13(24)25)14(26)22-12-3-1-6-23(9-12)15-20-4-2-5-21-15/h2,4-5,11-12H,1,3,6-10H2,(H,22,26)/t11-,12-/m1/s1. The van der Waals surface area contributed by atoms with Gasteiger partial charge in [-0.05, 0) is 18.9 Å². The summed E-state index contributed by atoms with van der Waals surface area (Å²) in [6, 6.07) is 1.57. The monoisotopic (exact) mass is 371 g/mol. The van der Waals surface area contributed by atoms with Crippen LogP contribution in [0.25, 0.3) is 0 Å². The molecule has 142 valence electrons. The van der Waals surface area contributed by atoms with Gasteiger partial charge in [0.1, 0.15) is 6.54 Å². The first-order valence-corrected chi connectivity index (χ1v) is 8.49. The summed E-state index contributed by atoms with van der Waals surface area (Å²) in [4.78, 5) is 35.2. The van der Waals surface area contributed by atoms with Crippen molar-refractivity contribution in [1.82, 2.24) is 20.2 Å². The smallest absolute Gasteiger partial charge is 0.351 e. The number of alkyl halides is 3. The largest absolute Gasteiger partial charge is 0.406 e. The highest BCUT2D eigenvalue weighted by atomic mass is 19.4. The predicted octanol–water partition coefficient (Wildman–Crippen LogP) is 0.972. The Morgan fingerprint density at radius 1 is 1.27 bits per heavy atom. The third-order valence-corrected chi connectivity index (χ3v) is 4.56. The minimum absolute atomic E-state index is 0.146. The summed E-state index contributed by atoms with van der Waals surface area (Å²) in [5, 5.41) is 2.87. The van der Waals surface area contributed by atoms with Crippen LogP contribution in [0.1, 0.15) is 19.3 Å². The molecule has 0 aliphatic carbocycles. The van der Waals surface area contributed by atoms with E-state index in [0.29, 0.717) is 17.4 Å². The summed E-state index contributed by atoms with van der Waals surface area (Å²) in [5.74, 6) is -1.17. The lowest BCUT2D eigenvalue weighted by Crippen LogP contribution is -2.50. The predicted molar refractivity (Wildman–Crippen MR) is 86.2 cm³/mol. The Morgan fingerprint density at radius 3 is 2.69 bits per heavy atom. The van der Waals surface area contributed by atoms with E-state index in [1.807, 2.05) is 4.90 Å². The second kappa shape index (κ2) is 7.46. The number of anilines is 1. The molecule has 1 aromatic rings. The van der Waals surface area contributed by atoms with E-state index in [1.54, 1.807) is 18.5 Å². The van der Waals surface area contributed by atoms with Crippen LogP contribution in [0.3, 0.4) is 0 Å². The van der Waals surface area contributed by atoms with Gasteiger partial charge in [0.2, 0.25) is 17.8 Å². The molecule has 1 aromatic heterocycles. The number of nitrogens with one attached hydrogen (secondary N) is 1. The minimum atomic E-state index is -4.46. The summed E-state index contributed by atoms with van der Waals surface area (Å²) in [6.45, 7) is -0.194. The van der Waals surface area contributed by atoms with E-state index in [-0.39, 0.29) is 24.9 Å². The normalized spacial score (nSPS) is 24.0. The Bertz CT molecular complexity index is 655. The third kappa shape index (κ3) is 4.61. The Hall–Kier alpha value is -2.39. The van der Waals surface area contributed by atoms with Gasteiger partial charge in [-0.25, -0.2) is 9.97 Å². The van der Waals surface area contributed by atoms with Gasteiger partial charge in [0.25, 0.3) is 0 Å². The first kappa shape index (κ1) is 18.4. The average Bonchev–Trinajstić information content (AvgIpc) is 2.95. The highest BCUT2D eigenvalue weighted by Gasteiger charge is 2.41. The van der Waals surface area contributed by atoms with Crippen LogP contribution >= 0.6 is 0 Å². The number of carbonyl (C=O) groups is 2. The zero-order valence-electron chi connectivity index (χ0n) is 14.1. The van der Waals surface area contributed by atoms with Gasteiger partial charge in [0.05, 0.1) is 5.92 Å². The Kier molecular flexibility index (Phi) is 5.28. The van der Waals surface area contributed by atoms with Gasteiger partial charge >= 0.3 is 6.18 Å². The van der Waals surface area contributed by atoms with Crippen molar-refractivity contribution < 1.29 is 22.8 Å². The van der Waals surface area contributed by atoms with Crippen molar-refractivity contribution in [1.29, 1.82) is 0 Å². The van der Waals surface area contributed by atoms with Crippen molar-refractivity contribution in [3.8, 4) is 0 Å². The molecule has 0 aromatic carbocycles. The molecule has 1 N–H and O–H groups in total. The van der Waals surface area contributed by atoms with Crippen LogP contribution in [-0.2, 0) is 9.59 Å². The molecular weight excluding hydrogens is 351 g/mol. The van der Waals surface area contributed by atoms with Crippen LogP contribution in [-0.4, -0.2) is 65.1 Å². The number of likely N-dealkylation sites (tertiary alicyclic amines) is 1. The lowest BCUT2D eigenvalue weighted by Gasteiger charge is -2.33. The van der Waals surface area contributed by atoms with Gasteiger partial charge in [-0.15, -0.1) is 0 Å². The maximum absolute atomic E-state index is 12.5. The molecule has 0 radical (unpaired) electrons. The van der Waals surface area contributed by atoms with Crippen molar-refractivity contribution in [3.05, 3.63) is 18.5 Å². The highest BCUT2D eigenvalue weighted by Crippen LogP contribution is 2.24. The number of rotatable bonds is 4. The van der Waals surface area contributed by atoms with E-state index in [9.17, 15) is 22.8 Å².